The van der Waals surface area contributed by atoms with Crippen molar-refractivity contribution in [2.45, 2.75) is 16.5 Å². The molecule has 1 heterocycles. The van der Waals surface area contributed by atoms with Gasteiger partial charge in [0, 0.05) is 0 Å². The number of aromatic nitrogens is 2. The molecule has 0 bridgehead atoms. The molecule has 4 nitrogen and oxygen atoms in total. The monoisotopic (exact) mass is 441 g/mol. The van der Waals surface area contributed by atoms with Crippen molar-refractivity contribution in [1.29, 1.82) is 0 Å². The molecule has 1 atom stereocenters. The van der Waals surface area contributed by atoms with E-state index in [1.807, 2.05) is 30.3 Å². The Morgan fingerprint density at radius 3 is 2.69 bits per heavy atom. The summed E-state index contributed by atoms with van der Waals surface area (Å²) in [6, 6.07) is 14.8. The third-order valence-electron chi connectivity index (χ3n) is 3.39. The molecule has 1 N–H and O–H groups in total. The molecular formula is C17H13Cl2N3OS3. The van der Waals surface area contributed by atoms with Gasteiger partial charge in [-0.15, -0.1) is 5.10 Å². The number of benzene rings is 2. The second-order valence-corrected chi connectivity index (χ2v) is 9.23. The highest BCUT2D eigenvalue weighted by atomic mass is 35.5. The normalized spacial score (nSPS) is 12.0. The van der Waals surface area contributed by atoms with Crippen LogP contribution in [0.3, 0.4) is 0 Å². The van der Waals surface area contributed by atoms with Crippen LogP contribution >= 0.6 is 58.5 Å². The van der Waals surface area contributed by atoms with Crippen LogP contribution in [-0.4, -0.2) is 20.9 Å². The minimum atomic E-state index is -0.380. The maximum atomic E-state index is 12.5. The van der Waals surface area contributed by atoms with Crippen molar-refractivity contribution in [2.24, 2.45) is 0 Å². The first-order chi connectivity index (χ1) is 12.5. The second-order valence-electron chi connectivity index (χ2n) is 5.23. The Morgan fingerprint density at radius 2 is 1.96 bits per heavy atom. The third kappa shape index (κ3) is 4.47. The molecule has 3 aromatic rings. The average molecular weight is 442 g/mol. The number of carbonyl (C=O) groups is 1. The van der Waals surface area contributed by atoms with E-state index in [0.29, 0.717) is 19.7 Å². The van der Waals surface area contributed by atoms with Gasteiger partial charge in [0.1, 0.15) is 0 Å². The van der Waals surface area contributed by atoms with Crippen LogP contribution in [0.4, 0.5) is 5.69 Å². The zero-order valence-electron chi connectivity index (χ0n) is 13.5. The molecule has 0 saturated carbocycles. The first kappa shape index (κ1) is 19.4. The van der Waals surface area contributed by atoms with Gasteiger partial charge < -0.3 is 5.32 Å². The standard InChI is InChI=1S/C17H13Cl2N3OS3/c1-10(15(23)20-13-9-5-8-12(18)14(13)19)25-16-21-22(17(24)26-16)11-6-3-2-4-7-11/h2-10H,1H3,(H,20,23)/t10-/m1/s1. The predicted molar refractivity (Wildman–Crippen MR) is 113 cm³/mol. The van der Waals surface area contributed by atoms with Gasteiger partial charge in [-0.2, -0.15) is 0 Å². The van der Waals surface area contributed by atoms with Crippen LogP contribution in [-0.2, 0) is 4.79 Å². The maximum Gasteiger partial charge on any atom is 0.237 e. The Morgan fingerprint density at radius 1 is 1.23 bits per heavy atom. The van der Waals surface area contributed by atoms with Gasteiger partial charge >= 0.3 is 0 Å². The third-order valence-corrected chi connectivity index (χ3v) is 6.62. The van der Waals surface area contributed by atoms with Crippen molar-refractivity contribution in [1.82, 2.24) is 9.78 Å². The van der Waals surface area contributed by atoms with Gasteiger partial charge in [0.05, 0.1) is 26.7 Å². The number of hydrogen-bond donors (Lipinski definition) is 1. The van der Waals surface area contributed by atoms with E-state index < -0.39 is 0 Å². The average Bonchev–Trinajstić information content (AvgIpc) is 2.99. The molecule has 0 spiro atoms. The lowest BCUT2D eigenvalue weighted by molar-refractivity contribution is -0.115. The summed E-state index contributed by atoms with van der Waals surface area (Å²) in [4.78, 5) is 12.5. The summed E-state index contributed by atoms with van der Waals surface area (Å²) in [5.74, 6) is -0.188. The van der Waals surface area contributed by atoms with E-state index in [2.05, 4.69) is 10.4 Å². The Kier molecular flexibility index (Phi) is 6.37. The van der Waals surface area contributed by atoms with E-state index in [-0.39, 0.29) is 11.2 Å². The summed E-state index contributed by atoms with van der Waals surface area (Å²) in [5.41, 5.74) is 1.38. The van der Waals surface area contributed by atoms with Crippen LogP contribution in [0.2, 0.25) is 10.0 Å². The van der Waals surface area contributed by atoms with Crippen LogP contribution in [0.1, 0.15) is 6.92 Å². The molecule has 134 valence electrons. The van der Waals surface area contributed by atoms with Crippen molar-refractivity contribution in [2.75, 3.05) is 5.32 Å². The predicted octanol–water partition coefficient (Wildman–Crippen LogP) is 6.09. The summed E-state index contributed by atoms with van der Waals surface area (Å²) in [5, 5.41) is 7.64. The van der Waals surface area contributed by atoms with Crippen molar-refractivity contribution in [3.05, 3.63) is 62.5 Å². The minimum absolute atomic E-state index is 0.188. The van der Waals surface area contributed by atoms with Crippen molar-refractivity contribution >= 4 is 70.1 Å². The fourth-order valence-corrected chi connectivity index (χ4v) is 4.93. The molecular weight excluding hydrogens is 429 g/mol. The number of nitrogens with one attached hydrogen (secondary N) is 1. The van der Waals surface area contributed by atoms with E-state index in [0.717, 1.165) is 10.0 Å². The SMILES string of the molecule is C[C@@H](Sc1nn(-c2ccccc2)c(=S)s1)C(=O)Nc1cccc(Cl)c1Cl. The van der Waals surface area contributed by atoms with Crippen LogP contribution in [0.15, 0.2) is 52.9 Å². The van der Waals surface area contributed by atoms with Crippen LogP contribution < -0.4 is 5.32 Å². The zero-order chi connectivity index (χ0) is 18.7. The van der Waals surface area contributed by atoms with Crippen LogP contribution in [0.25, 0.3) is 5.69 Å². The quantitative estimate of drug-likeness (QED) is 0.384. The van der Waals surface area contributed by atoms with Gasteiger partial charge in [0.15, 0.2) is 8.29 Å². The van der Waals surface area contributed by atoms with E-state index >= 15 is 0 Å². The molecule has 0 aliphatic carbocycles. The van der Waals surface area contributed by atoms with Gasteiger partial charge in [0.2, 0.25) is 5.91 Å². The number of thioether (sulfide) groups is 1. The number of halogens is 2. The zero-order valence-corrected chi connectivity index (χ0v) is 17.4. The van der Waals surface area contributed by atoms with Gasteiger partial charge in [-0.3, -0.25) is 4.79 Å². The molecule has 3 rings (SSSR count). The van der Waals surface area contributed by atoms with E-state index in [1.165, 1.54) is 23.1 Å². The molecule has 0 unspecified atom stereocenters. The van der Waals surface area contributed by atoms with Gasteiger partial charge in [-0.1, -0.05) is 70.6 Å². The Balaban J connectivity index is 1.72. The molecule has 9 heteroatoms. The lowest BCUT2D eigenvalue weighted by Crippen LogP contribution is -2.22. The highest BCUT2D eigenvalue weighted by Crippen LogP contribution is 2.32. The molecule has 2 aromatic carbocycles. The highest BCUT2D eigenvalue weighted by molar-refractivity contribution is 8.02. The van der Waals surface area contributed by atoms with Gasteiger partial charge in [0.25, 0.3) is 0 Å². The maximum absolute atomic E-state index is 12.5. The first-order valence-corrected chi connectivity index (χ1v) is 10.4. The smallest absolute Gasteiger partial charge is 0.237 e. The first-order valence-electron chi connectivity index (χ1n) is 7.53. The Labute approximate surface area is 174 Å². The summed E-state index contributed by atoms with van der Waals surface area (Å²) in [6.45, 7) is 1.80. The van der Waals surface area contributed by atoms with Crippen LogP contribution in [0, 0.1) is 3.95 Å². The minimum Gasteiger partial charge on any atom is -0.324 e. The highest BCUT2D eigenvalue weighted by Gasteiger charge is 2.19. The molecule has 1 amide bonds. The number of para-hydroxylation sites is 1. The summed E-state index contributed by atoms with van der Waals surface area (Å²) < 4.78 is 3.05. The van der Waals surface area contributed by atoms with Crippen molar-refractivity contribution in [3.8, 4) is 5.69 Å². The molecule has 0 saturated heterocycles. The number of nitrogens with zero attached hydrogens (tertiary/aromatic N) is 2. The van der Waals surface area contributed by atoms with Gasteiger partial charge in [-0.05, 0) is 43.4 Å². The second kappa shape index (κ2) is 8.54. The number of amides is 1. The molecule has 1 aromatic heterocycles. The number of rotatable bonds is 5. The summed E-state index contributed by atoms with van der Waals surface area (Å²) >= 11 is 20.2. The van der Waals surface area contributed by atoms with E-state index in [9.17, 15) is 4.79 Å². The van der Waals surface area contributed by atoms with Gasteiger partial charge in [-0.25, -0.2) is 4.68 Å². The molecule has 0 fully saturated rings. The summed E-state index contributed by atoms with van der Waals surface area (Å²) in [7, 11) is 0. The number of carbonyl (C=O) groups excluding carboxylic acids is 1. The molecule has 0 aliphatic rings. The van der Waals surface area contributed by atoms with Crippen molar-refractivity contribution < 1.29 is 4.79 Å². The number of anilines is 1. The fourth-order valence-electron chi connectivity index (χ4n) is 2.08. The lowest BCUT2D eigenvalue weighted by atomic mass is 10.3. The lowest BCUT2D eigenvalue weighted by Gasteiger charge is -2.12. The van der Waals surface area contributed by atoms with Crippen molar-refractivity contribution in [3.63, 3.8) is 0 Å². The van der Waals surface area contributed by atoms with Crippen LogP contribution in [0.5, 0.6) is 0 Å². The largest absolute Gasteiger partial charge is 0.324 e. The Hall–Kier alpha value is -1.38. The molecule has 26 heavy (non-hydrogen) atoms. The molecule has 0 aliphatic heterocycles. The summed E-state index contributed by atoms with van der Waals surface area (Å²) in [6.07, 6.45) is 0. The fraction of sp³-hybridized carbons (Fsp3) is 0.118. The van der Waals surface area contributed by atoms with E-state index in [1.54, 1.807) is 29.8 Å². The topological polar surface area (TPSA) is 46.9 Å². The number of hydrogen-bond acceptors (Lipinski definition) is 5. The Bertz CT molecular complexity index is 988. The molecule has 0 radical (unpaired) electrons. The van der Waals surface area contributed by atoms with E-state index in [4.69, 9.17) is 35.4 Å².